The number of hydrogen-bond donors (Lipinski definition) is 0. The van der Waals surface area contributed by atoms with Gasteiger partial charge in [0.1, 0.15) is 0 Å². The summed E-state index contributed by atoms with van der Waals surface area (Å²) in [5.41, 5.74) is 0.757. The second-order valence-corrected chi connectivity index (χ2v) is 6.47. The lowest BCUT2D eigenvalue weighted by atomic mass is 9.95. The molecule has 0 heterocycles. The van der Waals surface area contributed by atoms with Gasteiger partial charge in [-0.3, -0.25) is 4.79 Å². The van der Waals surface area contributed by atoms with E-state index >= 15 is 0 Å². The van der Waals surface area contributed by atoms with Crippen molar-refractivity contribution in [2.24, 2.45) is 0 Å². The molecule has 0 spiro atoms. The second kappa shape index (κ2) is 8.49. The Morgan fingerprint density at radius 2 is 1.34 bits per heavy atom. The Labute approximate surface area is 173 Å². The molecule has 0 aliphatic heterocycles. The molecular formula is C22H21ClO6. The Kier molecular flexibility index (Phi) is 6.03. The van der Waals surface area contributed by atoms with Crippen LogP contribution in [0.15, 0.2) is 30.3 Å². The van der Waals surface area contributed by atoms with Crippen LogP contribution in [-0.2, 0) is 4.79 Å². The van der Waals surface area contributed by atoms with Crippen LogP contribution in [0.4, 0.5) is 0 Å². The quantitative estimate of drug-likeness (QED) is 0.313. The number of allylic oxidation sites excluding steroid dienone is 1. The van der Waals surface area contributed by atoms with Gasteiger partial charge >= 0.3 is 0 Å². The van der Waals surface area contributed by atoms with Crippen molar-refractivity contribution in [1.82, 2.24) is 0 Å². The SMILES string of the molecule is COc1cc2cc(/C=C/C(=O)Cl)c3cc(OC)c(OC)c(OC)c3c2cc1OC. The minimum absolute atomic E-state index is 0.466. The van der Waals surface area contributed by atoms with E-state index in [-0.39, 0.29) is 0 Å². The van der Waals surface area contributed by atoms with Crippen LogP contribution >= 0.6 is 11.6 Å². The lowest BCUT2D eigenvalue weighted by Gasteiger charge is -2.18. The number of ether oxygens (including phenoxy) is 5. The number of hydrogen-bond acceptors (Lipinski definition) is 6. The Morgan fingerprint density at radius 3 is 1.90 bits per heavy atom. The number of methoxy groups -OCH3 is 5. The van der Waals surface area contributed by atoms with Crippen LogP contribution in [0.1, 0.15) is 5.56 Å². The summed E-state index contributed by atoms with van der Waals surface area (Å²) in [6.45, 7) is 0. The molecule has 3 rings (SSSR count). The summed E-state index contributed by atoms with van der Waals surface area (Å²) in [6, 6.07) is 7.52. The van der Waals surface area contributed by atoms with E-state index in [1.807, 2.05) is 24.3 Å². The molecular weight excluding hydrogens is 396 g/mol. The van der Waals surface area contributed by atoms with E-state index in [0.717, 1.165) is 27.1 Å². The van der Waals surface area contributed by atoms with Crippen LogP contribution in [-0.4, -0.2) is 40.8 Å². The van der Waals surface area contributed by atoms with Crippen molar-refractivity contribution < 1.29 is 28.5 Å². The number of fused-ring (bicyclic) bond motifs is 3. The van der Waals surface area contributed by atoms with Crippen LogP contribution in [0.5, 0.6) is 28.7 Å². The van der Waals surface area contributed by atoms with E-state index in [1.165, 1.54) is 6.08 Å². The molecule has 0 aliphatic rings. The standard InChI is InChI=1S/C22H21ClO6/c1-25-16-9-13-8-12(6-7-19(23)24)14-11-18(27-3)21(28-4)22(29-5)20(14)15(13)10-17(16)26-2/h6-11H,1-5H3/b7-6+. The second-order valence-electron chi connectivity index (χ2n) is 6.10. The summed E-state index contributed by atoms with van der Waals surface area (Å²) in [5, 5.41) is 2.74. The Hall–Kier alpha value is -3.12. The molecule has 0 aromatic heterocycles. The molecule has 0 aliphatic carbocycles. The fraction of sp³-hybridized carbons (Fsp3) is 0.227. The third-order valence-electron chi connectivity index (χ3n) is 4.67. The van der Waals surface area contributed by atoms with Gasteiger partial charge in [0, 0.05) is 5.39 Å². The largest absolute Gasteiger partial charge is 0.493 e. The molecule has 0 radical (unpaired) electrons. The molecule has 0 amide bonds. The van der Waals surface area contributed by atoms with Crippen LogP contribution in [0.25, 0.3) is 27.6 Å². The summed E-state index contributed by atoms with van der Waals surface area (Å²) in [4.78, 5) is 11.3. The predicted molar refractivity (Wildman–Crippen MR) is 114 cm³/mol. The zero-order chi connectivity index (χ0) is 21.1. The molecule has 0 atom stereocenters. The molecule has 3 aromatic rings. The lowest BCUT2D eigenvalue weighted by molar-refractivity contribution is -0.107. The van der Waals surface area contributed by atoms with E-state index in [9.17, 15) is 4.79 Å². The van der Waals surface area contributed by atoms with Crippen molar-refractivity contribution in [2.45, 2.75) is 0 Å². The van der Waals surface area contributed by atoms with Crippen LogP contribution in [0.2, 0.25) is 0 Å². The zero-order valence-corrected chi connectivity index (χ0v) is 17.5. The summed E-state index contributed by atoms with van der Waals surface area (Å²) in [7, 11) is 7.82. The number of carbonyl (C=O) groups excluding carboxylic acids is 1. The smallest absolute Gasteiger partial charge is 0.245 e. The number of rotatable bonds is 7. The van der Waals surface area contributed by atoms with Gasteiger partial charge in [-0.15, -0.1) is 0 Å². The van der Waals surface area contributed by atoms with Gasteiger partial charge in [-0.1, -0.05) is 0 Å². The fourth-order valence-corrected chi connectivity index (χ4v) is 3.48. The topological polar surface area (TPSA) is 63.2 Å². The van der Waals surface area contributed by atoms with Gasteiger partial charge < -0.3 is 23.7 Å². The first-order valence-corrected chi connectivity index (χ1v) is 9.05. The maximum atomic E-state index is 11.3. The first kappa shape index (κ1) is 20.6. The maximum absolute atomic E-state index is 11.3. The Bertz CT molecular complexity index is 1120. The van der Waals surface area contributed by atoms with Crippen molar-refractivity contribution >= 4 is 44.5 Å². The van der Waals surface area contributed by atoms with Gasteiger partial charge in [-0.25, -0.2) is 0 Å². The molecule has 0 N–H and O–H groups in total. The Morgan fingerprint density at radius 1 is 0.759 bits per heavy atom. The number of benzene rings is 3. The van der Waals surface area contributed by atoms with Crippen LogP contribution in [0.3, 0.4) is 0 Å². The highest BCUT2D eigenvalue weighted by Crippen LogP contribution is 2.48. The fourth-order valence-electron chi connectivity index (χ4n) is 3.42. The third kappa shape index (κ3) is 3.63. The van der Waals surface area contributed by atoms with Gasteiger partial charge in [0.15, 0.2) is 23.0 Å². The molecule has 7 heteroatoms. The predicted octanol–water partition coefficient (Wildman–Crippen LogP) is 4.81. The van der Waals surface area contributed by atoms with E-state index in [2.05, 4.69) is 0 Å². The van der Waals surface area contributed by atoms with Gasteiger partial charge in [0.05, 0.1) is 35.5 Å². The molecule has 0 saturated heterocycles. The monoisotopic (exact) mass is 416 g/mol. The highest BCUT2D eigenvalue weighted by molar-refractivity contribution is 6.66. The molecule has 6 nitrogen and oxygen atoms in total. The maximum Gasteiger partial charge on any atom is 0.245 e. The molecule has 152 valence electrons. The van der Waals surface area contributed by atoms with Crippen LogP contribution < -0.4 is 23.7 Å². The average Bonchev–Trinajstić information content (AvgIpc) is 2.74. The normalized spacial score (nSPS) is 11.1. The van der Waals surface area contributed by atoms with Crippen LogP contribution in [0, 0.1) is 0 Å². The first-order valence-electron chi connectivity index (χ1n) is 8.68. The molecule has 0 fully saturated rings. The summed E-state index contributed by atoms with van der Waals surface area (Å²) < 4.78 is 27.7. The van der Waals surface area contributed by atoms with Crippen molar-refractivity contribution in [2.75, 3.05) is 35.5 Å². The van der Waals surface area contributed by atoms with Gasteiger partial charge in [-0.2, -0.15) is 0 Å². The van der Waals surface area contributed by atoms with Crippen molar-refractivity contribution in [3.63, 3.8) is 0 Å². The third-order valence-corrected chi connectivity index (χ3v) is 4.80. The molecule has 0 saturated carbocycles. The molecule has 0 unspecified atom stereocenters. The zero-order valence-electron chi connectivity index (χ0n) is 16.8. The van der Waals surface area contributed by atoms with E-state index in [0.29, 0.717) is 28.7 Å². The average molecular weight is 417 g/mol. The van der Waals surface area contributed by atoms with E-state index in [4.69, 9.17) is 35.3 Å². The first-order chi connectivity index (χ1) is 14.0. The number of halogens is 1. The minimum atomic E-state index is -0.571. The van der Waals surface area contributed by atoms with Crippen molar-refractivity contribution in [3.05, 3.63) is 35.9 Å². The lowest BCUT2D eigenvalue weighted by Crippen LogP contribution is -1.98. The van der Waals surface area contributed by atoms with E-state index < -0.39 is 5.24 Å². The summed E-state index contributed by atoms with van der Waals surface area (Å²) >= 11 is 5.52. The minimum Gasteiger partial charge on any atom is -0.493 e. The van der Waals surface area contributed by atoms with Crippen molar-refractivity contribution in [3.8, 4) is 28.7 Å². The van der Waals surface area contributed by atoms with Gasteiger partial charge in [-0.05, 0) is 69.7 Å². The van der Waals surface area contributed by atoms with Gasteiger partial charge in [0.2, 0.25) is 11.0 Å². The molecule has 0 bridgehead atoms. The Balaban J connectivity index is 2.57. The summed E-state index contributed by atoms with van der Waals surface area (Å²) in [6.07, 6.45) is 2.95. The molecule has 3 aromatic carbocycles. The molecule has 29 heavy (non-hydrogen) atoms. The number of carbonyl (C=O) groups is 1. The highest BCUT2D eigenvalue weighted by atomic mass is 35.5. The van der Waals surface area contributed by atoms with Crippen molar-refractivity contribution in [1.29, 1.82) is 0 Å². The highest BCUT2D eigenvalue weighted by Gasteiger charge is 2.21. The summed E-state index contributed by atoms with van der Waals surface area (Å²) in [5.74, 6) is 2.64. The van der Waals surface area contributed by atoms with E-state index in [1.54, 1.807) is 41.6 Å². The van der Waals surface area contributed by atoms with Gasteiger partial charge in [0.25, 0.3) is 0 Å².